The Morgan fingerprint density at radius 1 is 1.29 bits per heavy atom. The van der Waals surface area contributed by atoms with Crippen molar-refractivity contribution >= 4 is 16.6 Å². The van der Waals surface area contributed by atoms with Crippen LogP contribution in [0.1, 0.15) is 11.1 Å². The first-order chi connectivity index (χ1) is 7.93. The lowest BCUT2D eigenvalue weighted by molar-refractivity contribution is -0.137. The molecule has 0 atom stereocenters. The van der Waals surface area contributed by atoms with E-state index in [0.29, 0.717) is 5.52 Å². The van der Waals surface area contributed by atoms with E-state index in [1.165, 1.54) is 12.3 Å². The molecule has 0 saturated carbocycles. The van der Waals surface area contributed by atoms with Crippen LogP contribution >= 0.6 is 0 Å². The summed E-state index contributed by atoms with van der Waals surface area (Å²) in [6, 6.07) is 3.16. The van der Waals surface area contributed by atoms with Crippen molar-refractivity contribution < 1.29 is 18.3 Å². The average molecular weight is 242 g/mol. The predicted octanol–water partition coefficient (Wildman–Crippen LogP) is 2.33. The Labute approximate surface area is 94.7 Å². The van der Waals surface area contributed by atoms with Crippen LogP contribution in [0.2, 0.25) is 0 Å². The van der Waals surface area contributed by atoms with Gasteiger partial charge in [-0.25, -0.2) is 0 Å². The number of hydrogen-bond donors (Lipinski definition) is 2. The first-order valence-electron chi connectivity index (χ1n) is 4.78. The van der Waals surface area contributed by atoms with Crippen molar-refractivity contribution in [3.8, 4) is 0 Å². The molecular weight excluding hydrogens is 233 g/mol. The lowest BCUT2D eigenvalue weighted by Gasteiger charge is -2.10. The first kappa shape index (κ1) is 11.7. The van der Waals surface area contributed by atoms with Gasteiger partial charge in [0.05, 0.1) is 29.6 Å². The highest BCUT2D eigenvalue weighted by molar-refractivity contribution is 5.86. The molecule has 0 bridgehead atoms. The molecule has 0 radical (unpaired) electrons. The van der Waals surface area contributed by atoms with Crippen LogP contribution in [0.25, 0.3) is 10.9 Å². The van der Waals surface area contributed by atoms with Gasteiger partial charge in [0.15, 0.2) is 0 Å². The van der Waals surface area contributed by atoms with Crippen LogP contribution in [0.3, 0.4) is 0 Å². The highest BCUT2D eigenvalue weighted by Gasteiger charge is 2.30. The molecule has 6 heteroatoms. The number of aliphatic hydroxyl groups excluding tert-OH is 1. The number of aromatic nitrogens is 1. The Morgan fingerprint density at radius 3 is 2.59 bits per heavy atom. The van der Waals surface area contributed by atoms with E-state index in [1.807, 2.05) is 0 Å². The van der Waals surface area contributed by atoms with Crippen LogP contribution in [-0.4, -0.2) is 10.1 Å². The number of nitrogen functional groups attached to an aromatic ring is 1. The topological polar surface area (TPSA) is 59.1 Å². The largest absolute Gasteiger partial charge is 0.416 e. The van der Waals surface area contributed by atoms with Crippen molar-refractivity contribution in [2.75, 3.05) is 5.73 Å². The van der Waals surface area contributed by atoms with E-state index < -0.39 is 18.3 Å². The number of halogens is 3. The van der Waals surface area contributed by atoms with E-state index >= 15 is 0 Å². The van der Waals surface area contributed by atoms with Gasteiger partial charge in [0.25, 0.3) is 0 Å². The number of pyridine rings is 1. The summed E-state index contributed by atoms with van der Waals surface area (Å²) in [5.41, 5.74) is 5.58. The van der Waals surface area contributed by atoms with Crippen molar-refractivity contribution in [2.24, 2.45) is 0 Å². The minimum absolute atomic E-state index is 0.180. The zero-order chi connectivity index (χ0) is 12.6. The third-order valence-electron chi connectivity index (χ3n) is 2.50. The van der Waals surface area contributed by atoms with E-state index in [2.05, 4.69) is 4.98 Å². The maximum atomic E-state index is 12.5. The maximum absolute atomic E-state index is 12.5. The van der Waals surface area contributed by atoms with Crippen molar-refractivity contribution in [1.82, 2.24) is 4.98 Å². The van der Waals surface area contributed by atoms with E-state index in [0.717, 1.165) is 12.1 Å². The normalized spacial score (nSPS) is 12.0. The monoisotopic (exact) mass is 242 g/mol. The second kappa shape index (κ2) is 3.89. The smallest absolute Gasteiger partial charge is 0.397 e. The summed E-state index contributed by atoms with van der Waals surface area (Å²) in [5, 5.41) is 9.35. The number of fused-ring (bicyclic) bond motifs is 1. The molecule has 0 spiro atoms. The molecule has 2 rings (SSSR count). The van der Waals surface area contributed by atoms with Crippen LogP contribution in [0.4, 0.5) is 18.9 Å². The molecule has 0 fully saturated rings. The molecule has 1 aromatic carbocycles. The molecule has 1 aromatic heterocycles. The minimum Gasteiger partial charge on any atom is -0.397 e. The summed E-state index contributed by atoms with van der Waals surface area (Å²) >= 11 is 0. The molecular formula is C11H9F3N2O. The fourth-order valence-electron chi connectivity index (χ4n) is 1.62. The summed E-state index contributed by atoms with van der Waals surface area (Å²) in [5.74, 6) is 0. The summed E-state index contributed by atoms with van der Waals surface area (Å²) < 4.78 is 37.6. The number of alkyl halides is 3. The second-order valence-electron chi connectivity index (χ2n) is 3.58. The van der Waals surface area contributed by atoms with E-state index in [4.69, 9.17) is 10.8 Å². The summed E-state index contributed by atoms with van der Waals surface area (Å²) in [7, 11) is 0. The molecule has 0 aliphatic rings. The summed E-state index contributed by atoms with van der Waals surface area (Å²) in [4.78, 5) is 3.91. The lowest BCUT2D eigenvalue weighted by Crippen LogP contribution is -2.05. The SMILES string of the molecule is Nc1cnc2ccc(C(F)(F)F)cc2c1CO. The number of benzene rings is 1. The molecule has 3 nitrogen and oxygen atoms in total. The van der Waals surface area contributed by atoms with Gasteiger partial charge in [0.1, 0.15) is 0 Å². The average Bonchev–Trinajstić information content (AvgIpc) is 2.27. The Balaban J connectivity index is 2.74. The van der Waals surface area contributed by atoms with Gasteiger partial charge in [0.2, 0.25) is 0 Å². The Kier molecular flexibility index (Phi) is 2.66. The second-order valence-corrected chi connectivity index (χ2v) is 3.58. The Bertz CT molecular complexity index is 566. The standard InChI is InChI=1S/C11H9F3N2O/c12-11(13,14)6-1-2-10-7(3-6)8(5-17)9(15)4-16-10/h1-4,17H,5,15H2. The Morgan fingerprint density at radius 2 is 2.00 bits per heavy atom. The first-order valence-corrected chi connectivity index (χ1v) is 4.78. The summed E-state index contributed by atoms with van der Waals surface area (Å²) in [6.07, 6.45) is -3.10. The number of rotatable bonds is 1. The van der Waals surface area contributed by atoms with Gasteiger partial charge in [-0.3, -0.25) is 4.98 Å². The molecule has 0 aliphatic carbocycles. The highest BCUT2D eigenvalue weighted by Crippen LogP contribution is 2.32. The Hall–Kier alpha value is -1.82. The van der Waals surface area contributed by atoms with Crippen LogP contribution in [-0.2, 0) is 12.8 Å². The molecule has 3 N–H and O–H groups in total. The van der Waals surface area contributed by atoms with Crippen LogP contribution in [0, 0.1) is 0 Å². The van der Waals surface area contributed by atoms with Crippen LogP contribution < -0.4 is 5.73 Å². The number of aliphatic hydroxyl groups is 1. The van der Waals surface area contributed by atoms with Crippen LogP contribution in [0.5, 0.6) is 0 Å². The molecule has 90 valence electrons. The number of nitrogens with zero attached hydrogens (tertiary/aromatic N) is 1. The number of nitrogens with two attached hydrogens (primary N) is 1. The van der Waals surface area contributed by atoms with Gasteiger partial charge in [0, 0.05) is 10.9 Å². The number of anilines is 1. The number of hydrogen-bond acceptors (Lipinski definition) is 3. The van der Waals surface area contributed by atoms with Crippen molar-refractivity contribution in [3.05, 3.63) is 35.5 Å². The van der Waals surface area contributed by atoms with Gasteiger partial charge >= 0.3 is 6.18 Å². The third kappa shape index (κ3) is 2.03. The van der Waals surface area contributed by atoms with E-state index in [1.54, 1.807) is 0 Å². The van der Waals surface area contributed by atoms with Crippen LogP contribution in [0.15, 0.2) is 24.4 Å². The molecule has 2 aromatic rings. The molecule has 0 aliphatic heterocycles. The minimum atomic E-state index is -4.43. The molecule has 1 heterocycles. The van der Waals surface area contributed by atoms with Crippen molar-refractivity contribution in [2.45, 2.75) is 12.8 Å². The fourth-order valence-corrected chi connectivity index (χ4v) is 1.62. The van der Waals surface area contributed by atoms with Crippen molar-refractivity contribution in [3.63, 3.8) is 0 Å². The van der Waals surface area contributed by atoms with E-state index in [9.17, 15) is 13.2 Å². The zero-order valence-corrected chi connectivity index (χ0v) is 8.62. The zero-order valence-electron chi connectivity index (χ0n) is 8.62. The molecule has 0 unspecified atom stereocenters. The lowest BCUT2D eigenvalue weighted by atomic mass is 10.0. The van der Waals surface area contributed by atoms with Gasteiger partial charge in [-0.1, -0.05) is 0 Å². The van der Waals surface area contributed by atoms with Gasteiger partial charge in [-0.15, -0.1) is 0 Å². The summed E-state index contributed by atoms with van der Waals surface area (Å²) in [6.45, 7) is -0.424. The maximum Gasteiger partial charge on any atom is 0.416 e. The molecule has 0 saturated heterocycles. The molecule has 17 heavy (non-hydrogen) atoms. The highest BCUT2D eigenvalue weighted by atomic mass is 19.4. The fraction of sp³-hybridized carbons (Fsp3) is 0.182. The van der Waals surface area contributed by atoms with Gasteiger partial charge in [-0.2, -0.15) is 13.2 Å². The third-order valence-corrected chi connectivity index (χ3v) is 2.50. The van der Waals surface area contributed by atoms with Gasteiger partial charge < -0.3 is 10.8 Å². The van der Waals surface area contributed by atoms with Gasteiger partial charge in [-0.05, 0) is 18.2 Å². The quantitative estimate of drug-likeness (QED) is 0.806. The van der Waals surface area contributed by atoms with Crippen molar-refractivity contribution in [1.29, 1.82) is 0 Å². The predicted molar refractivity (Wildman–Crippen MR) is 57.1 cm³/mol. The van der Waals surface area contributed by atoms with E-state index in [-0.39, 0.29) is 16.6 Å². The molecule has 0 amide bonds.